The zero-order valence-electron chi connectivity index (χ0n) is 6.45. The van der Waals surface area contributed by atoms with Crippen molar-refractivity contribution in [2.24, 2.45) is 0 Å². The van der Waals surface area contributed by atoms with Gasteiger partial charge in [0.1, 0.15) is 5.82 Å². The number of carboxylic acid groups (broad SMARTS) is 1. The minimum atomic E-state index is -1.01. The van der Waals surface area contributed by atoms with Crippen molar-refractivity contribution in [1.29, 1.82) is 0 Å². The van der Waals surface area contributed by atoms with Crippen LogP contribution in [0.1, 0.15) is 4.88 Å². The smallest absolute Gasteiger partial charge is 0.407 e. The van der Waals surface area contributed by atoms with Gasteiger partial charge in [0.2, 0.25) is 0 Å². The van der Waals surface area contributed by atoms with Crippen LogP contribution in [0.2, 0.25) is 0 Å². The second kappa shape index (κ2) is 3.53. The first-order chi connectivity index (χ1) is 5.59. The van der Waals surface area contributed by atoms with Crippen molar-refractivity contribution in [3.05, 3.63) is 22.1 Å². The van der Waals surface area contributed by atoms with Crippen LogP contribution in [-0.2, 0) is 6.54 Å². The number of nitrogens with zero attached hydrogens (tertiary/aromatic N) is 1. The van der Waals surface area contributed by atoms with Gasteiger partial charge in [-0.1, -0.05) is 0 Å². The van der Waals surface area contributed by atoms with Crippen LogP contribution in [0.25, 0.3) is 0 Å². The molecule has 0 aliphatic heterocycles. The maximum Gasteiger partial charge on any atom is 0.407 e. The fourth-order valence-corrected chi connectivity index (χ4v) is 1.52. The monoisotopic (exact) mass is 189 g/mol. The molecule has 0 unspecified atom stereocenters. The van der Waals surface area contributed by atoms with Crippen LogP contribution in [0.3, 0.4) is 0 Å². The second-order valence-corrected chi connectivity index (χ2v) is 3.37. The molecule has 0 saturated carbocycles. The Labute approximate surface area is 73.0 Å². The van der Waals surface area contributed by atoms with E-state index in [0.717, 1.165) is 4.90 Å². The Kier molecular flexibility index (Phi) is 2.65. The van der Waals surface area contributed by atoms with Gasteiger partial charge in [-0.05, 0) is 6.07 Å². The van der Waals surface area contributed by atoms with Gasteiger partial charge in [0, 0.05) is 17.3 Å². The Morgan fingerprint density at radius 1 is 1.83 bits per heavy atom. The molecule has 0 spiro atoms. The molecular weight excluding hydrogens is 181 g/mol. The van der Waals surface area contributed by atoms with Gasteiger partial charge < -0.3 is 10.0 Å². The number of hydrogen-bond acceptors (Lipinski definition) is 2. The molecule has 1 aromatic rings. The van der Waals surface area contributed by atoms with Crippen molar-refractivity contribution < 1.29 is 14.3 Å². The van der Waals surface area contributed by atoms with Crippen molar-refractivity contribution in [2.45, 2.75) is 6.54 Å². The fourth-order valence-electron chi connectivity index (χ4n) is 0.738. The van der Waals surface area contributed by atoms with Crippen molar-refractivity contribution >= 4 is 17.4 Å². The van der Waals surface area contributed by atoms with Gasteiger partial charge in [0.25, 0.3) is 0 Å². The molecule has 12 heavy (non-hydrogen) atoms. The Morgan fingerprint density at radius 2 is 2.50 bits per heavy atom. The Hall–Kier alpha value is -1.10. The van der Waals surface area contributed by atoms with Crippen LogP contribution in [0, 0.1) is 5.82 Å². The minimum Gasteiger partial charge on any atom is -0.465 e. The third-order valence-electron chi connectivity index (χ3n) is 1.34. The SMILES string of the molecule is CN(Cc1cc(F)cs1)C(=O)O. The summed E-state index contributed by atoms with van der Waals surface area (Å²) in [6, 6.07) is 1.34. The third-order valence-corrected chi connectivity index (χ3v) is 2.23. The first-order valence-corrected chi connectivity index (χ1v) is 4.14. The number of thiophene rings is 1. The van der Waals surface area contributed by atoms with Gasteiger partial charge in [-0.3, -0.25) is 0 Å². The van der Waals surface area contributed by atoms with Gasteiger partial charge >= 0.3 is 6.09 Å². The normalized spacial score (nSPS) is 9.83. The summed E-state index contributed by atoms with van der Waals surface area (Å²) in [5.74, 6) is -0.311. The largest absolute Gasteiger partial charge is 0.465 e. The van der Waals surface area contributed by atoms with E-state index < -0.39 is 6.09 Å². The number of carbonyl (C=O) groups is 1. The van der Waals surface area contributed by atoms with Crippen molar-refractivity contribution in [2.75, 3.05) is 7.05 Å². The zero-order valence-corrected chi connectivity index (χ0v) is 7.27. The number of amides is 1. The molecule has 66 valence electrons. The first-order valence-electron chi connectivity index (χ1n) is 3.26. The molecule has 1 heterocycles. The summed E-state index contributed by atoms with van der Waals surface area (Å²) < 4.78 is 12.4. The van der Waals surface area contributed by atoms with E-state index in [-0.39, 0.29) is 12.4 Å². The molecule has 0 radical (unpaired) electrons. The van der Waals surface area contributed by atoms with Gasteiger partial charge in [0.15, 0.2) is 0 Å². The average molecular weight is 189 g/mol. The van der Waals surface area contributed by atoms with E-state index in [2.05, 4.69) is 0 Å². The topological polar surface area (TPSA) is 40.5 Å². The fraction of sp³-hybridized carbons (Fsp3) is 0.286. The third kappa shape index (κ3) is 2.20. The molecule has 0 saturated heterocycles. The molecule has 0 aliphatic rings. The molecule has 0 aromatic carbocycles. The quantitative estimate of drug-likeness (QED) is 0.772. The summed E-state index contributed by atoms with van der Waals surface area (Å²) in [5, 5.41) is 9.84. The summed E-state index contributed by atoms with van der Waals surface area (Å²) in [4.78, 5) is 12.2. The first kappa shape index (κ1) is 8.99. The molecule has 0 aliphatic carbocycles. The highest BCUT2D eigenvalue weighted by molar-refractivity contribution is 7.09. The molecule has 0 fully saturated rings. The predicted octanol–water partition coefficient (Wildman–Crippen LogP) is 2.00. The molecule has 5 heteroatoms. The molecule has 1 amide bonds. The van der Waals surface area contributed by atoms with E-state index in [1.54, 1.807) is 0 Å². The van der Waals surface area contributed by atoms with Gasteiger partial charge in [-0.15, -0.1) is 11.3 Å². The average Bonchev–Trinajstić information content (AvgIpc) is 2.35. The molecule has 3 nitrogen and oxygen atoms in total. The van der Waals surface area contributed by atoms with E-state index in [4.69, 9.17) is 5.11 Å². The van der Waals surface area contributed by atoms with E-state index >= 15 is 0 Å². The van der Waals surface area contributed by atoms with E-state index in [1.807, 2.05) is 0 Å². The van der Waals surface area contributed by atoms with E-state index in [0.29, 0.717) is 4.88 Å². The van der Waals surface area contributed by atoms with E-state index in [9.17, 15) is 9.18 Å². The Balaban J connectivity index is 2.58. The lowest BCUT2D eigenvalue weighted by Crippen LogP contribution is -2.23. The standard InChI is InChI=1S/C7H8FNO2S/c1-9(7(10)11)3-6-2-5(8)4-12-6/h2,4H,3H2,1H3,(H,10,11). The summed E-state index contributed by atoms with van der Waals surface area (Å²) in [6.45, 7) is 0.240. The van der Waals surface area contributed by atoms with Crippen molar-refractivity contribution in [3.8, 4) is 0 Å². The maximum atomic E-state index is 12.4. The van der Waals surface area contributed by atoms with E-state index in [1.165, 1.54) is 29.8 Å². The summed E-state index contributed by atoms with van der Waals surface area (Å²) in [6.07, 6.45) is -1.01. The number of rotatable bonds is 2. The van der Waals surface area contributed by atoms with Crippen LogP contribution < -0.4 is 0 Å². The number of hydrogen-bond donors (Lipinski definition) is 1. The highest BCUT2D eigenvalue weighted by atomic mass is 32.1. The molecule has 0 atom stereocenters. The summed E-state index contributed by atoms with van der Waals surface area (Å²) in [7, 11) is 1.44. The molecule has 1 rings (SSSR count). The van der Waals surface area contributed by atoms with Crippen molar-refractivity contribution in [1.82, 2.24) is 4.90 Å². The van der Waals surface area contributed by atoms with Crippen LogP contribution in [0.15, 0.2) is 11.4 Å². The van der Waals surface area contributed by atoms with Gasteiger partial charge in [-0.25, -0.2) is 9.18 Å². The maximum absolute atomic E-state index is 12.4. The summed E-state index contributed by atoms with van der Waals surface area (Å²) >= 11 is 1.22. The Bertz CT molecular complexity index is 287. The van der Waals surface area contributed by atoms with Crippen LogP contribution in [0.4, 0.5) is 9.18 Å². The highest BCUT2D eigenvalue weighted by Crippen LogP contribution is 2.14. The Morgan fingerprint density at radius 3 is 2.92 bits per heavy atom. The van der Waals surface area contributed by atoms with Gasteiger partial charge in [-0.2, -0.15) is 0 Å². The minimum absolute atomic E-state index is 0.240. The second-order valence-electron chi connectivity index (χ2n) is 2.37. The lowest BCUT2D eigenvalue weighted by molar-refractivity contribution is 0.154. The van der Waals surface area contributed by atoms with Crippen LogP contribution in [-0.4, -0.2) is 23.1 Å². The lowest BCUT2D eigenvalue weighted by Gasteiger charge is -2.10. The lowest BCUT2D eigenvalue weighted by atomic mass is 10.4. The molecular formula is C7H8FNO2S. The number of halogens is 1. The highest BCUT2D eigenvalue weighted by Gasteiger charge is 2.07. The molecule has 0 bridgehead atoms. The predicted molar refractivity (Wildman–Crippen MR) is 43.8 cm³/mol. The van der Waals surface area contributed by atoms with Crippen molar-refractivity contribution in [3.63, 3.8) is 0 Å². The molecule has 1 aromatic heterocycles. The van der Waals surface area contributed by atoms with Gasteiger partial charge in [0.05, 0.1) is 6.54 Å². The zero-order chi connectivity index (χ0) is 9.14. The summed E-state index contributed by atoms with van der Waals surface area (Å²) in [5.41, 5.74) is 0. The van der Waals surface area contributed by atoms with Crippen LogP contribution in [0.5, 0.6) is 0 Å². The van der Waals surface area contributed by atoms with Crippen LogP contribution >= 0.6 is 11.3 Å². The molecule has 1 N–H and O–H groups in total.